The van der Waals surface area contributed by atoms with Gasteiger partial charge in [-0.1, -0.05) is 0 Å². The van der Waals surface area contributed by atoms with Gasteiger partial charge in [0.05, 0.1) is 64.8 Å². The third-order valence-corrected chi connectivity index (χ3v) is 6.35. The summed E-state index contributed by atoms with van der Waals surface area (Å²) >= 11 is 0. The van der Waals surface area contributed by atoms with Crippen molar-refractivity contribution in [3.05, 3.63) is 24.3 Å². The maximum atomic E-state index is 13.2. The number of fused-ring (bicyclic) bond motifs is 1. The Labute approximate surface area is 193 Å². The summed E-state index contributed by atoms with van der Waals surface area (Å²) < 4.78 is 22.4. The molecule has 0 radical (unpaired) electrons. The van der Waals surface area contributed by atoms with Gasteiger partial charge in [0.15, 0.2) is 0 Å². The molecule has 3 aliphatic rings. The van der Waals surface area contributed by atoms with Gasteiger partial charge in [-0.05, 0) is 37.1 Å². The number of nitrogens with one attached hydrogen (secondary N) is 1. The Morgan fingerprint density at radius 2 is 1.88 bits per heavy atom. The topological polar surface area (TPSA) is 110 Å². The van der Waals surface area contributed by atoms with Gasteiger partial charge in [-0.25, -0.2) is 4.79 Å². The van der Waals surface area contributed by atoms with Gasteiger partial charge in [0, 0.05) is 18.8 Å². The first-order valence-corrected chi connectivity index (χ1v) is 11.5. The second-order valence-electron chi connectivity index (χ2n) is 8.64. The minimum absolute atomic E-state index is 0.0676. The molecule has 1 aromatic carbocycles. The Morgan fingerprint density at radius 3 is 2.61 bits per heavy atom. The number of benzene rings is 1. The second kappa shape index (κ2) is 11.1. The first-order chi connectivity index (χ1) is 16.0. The molecular formula is C23H33N3O7. The van der Waals surface area contributed by atoms with Crippen LogP contribution in [0.3, 0.4) is 0 Å². The van der Waals surface area contributed by atoms with Crippen LogP contribution in [0.4, 0.5) is 10.5 Å². The second-order valence-corrected chi connectivity index (χ2v) is 8.64. The van der Waals surface area contributed by atoms with Crippen LogP contribution in [0.5, 0.6) is 5.75 Å². The van der Waals surface area contributed by atoms with Crippen molar-refractivity contribution in [3.63, 3.8) is 0 Å². The van der Waals surface area contributed by atoms with Crippen LogP contribution in [0.15, 0.2) is 24.3 Å². The zero-order valence-electron chi connectivity index (χ0n) is 19.0. The normalized spacial score (nSPS) is 28.3. The van der Waals surface area contributed by atoms with Gasteiger partial charge in [0.25, 0.3) is 0 Å². The summed E-state index contributed by atoms with van der Waals surface area (Å²) in [5.74, 6) is 0.767. The first kappa shape index (κ1) is 23.7. The van der Waals surface area contributed by atoms with Gasteiger partial charge >= 0.3 is 6.03 Å². The molecule has 2 N–H and O–H groups in total. The van der Waals surface area contributed by atoms with Crippen molar-refractivity contribution in [1.82, 2.24) is 9.80 Å². The molecule has 182 valence electrons. The number of amides is 3. The van der Waals surface area contributed by atoms with Gasteiger partial charge in [0.2, 0.25) is 5.91 Å². The lowest BCUT2D eigenvalue weighted by atomic mass is 9.94. The highest BCUT2D eigenvalue weighted by molar-refractivity contribution is 5.89. The third kappa shape index (κ3) is 6.14. The molecule has 3 aliphatic heterocycles. The monoisotopic (exact) mass is 463 g/mol. The highest BCUT2D eigenvalue weighted by Crippen LogP contribution is 2.29. The number of rotatable bonds is 4. The molecule has 0 bridgehead atoms. The number of aliphatic hydroxyl groups is 1. The van der Waals surface area contributed by atoms with Crippen LogP contribution in [-0.2, 0) is 19.0 Å². The standard InChI is InChI=1S/C23H33N3O7/c1-30-18-4-2-16(3-5-18)24-23(29)26-13-17(27)14-32-15-21-20(26)7-6-19(33-21)12-22(28)25-8-10-31-11-9-25/h2-5,17,19-21,27H,6-15H2,1H3,(H,24,29)/t17-,19-,20+,21-/m1/s1. The van der Waals surface area contributed by atoms with Gasteiger partial charge in [0.1, 0.15) is 11.9 Å². The molecular weight excluding hydrogens is 430 g/mol. The molecule has 0 aromatic heterocycles. The highest BCUT2D eigenvalue weighted by atomic mass is 16.5. The Bertz CT molecular complexity index is 800. The number of anilines is 1. The Hall–Kier alpha value is -2.40. The molecule has 0 aliphatic carbocycles. The highest BCUT2D eigenvalue weighted by Gasteiger charge is 2.40. The van der Waals surface area contributed by atoms with Crippen LogP contribution in [0.1, 0.15) is 19.3 Å². The number of nitrogens with zero attached hydrogens (tertiary/aromatic N) is 2. The number of β-amino-alcohol motifs (C(OH)–C–C–N with tert-alkyl or cyclic N) is 1. The average Bonchev–Trinajstić information content (AvgIpc) is 2.83. The van der Waals surface area contributed by atoms with Gasteiger partial charge in [-0.2, -0.15) is 0 Å². The average molecular weight is 464 g/mol. The van der Waals surface area contributed by atoms with E-state index in [-0.39, 0.29) is 49.9 Å². The van der Waals surface area contributed by atoms with Crippen LogP contribution in [0.25, 0.3) is 0 Å². The third-order valence-electron chi connectivity index (χ3n) is 6.35. The van der Waals surface area contributed by atoms with E-state index in [2.05, 4.69) is 5.32 Å². The van der Waals surface area contributed by atoms with E-state index >= 15 is 0 Å². The van der Waals surface area contributed by atoms with E-state index in [9.17, 15) is 14.7 Å². The zero-order valence-corrected chi connectivity index (χ0v) is 19.0. The van der Waals surface area contributed by atoms with Gasteiger partial charge in [-0.15, -0.1) is 0 Å². The summed E-state index contributed by atoms with van der Waals surface area (Å²) in [6, 6.07) is 6.52. The lowest BCUT2D eigenvalue weighted by molar-refractivity contribution is -0.156. The molecule has 0 unspecified atom stereocenters. The van der Waals surface area contributed by atoms with Crippen molar-refractivity contribution >= 4 is 17.6 Å². The molecule has 33 heavy (non-hydrogen) atoms. The van der Waals surface area contributed by atoms with Crippen molar-refractivity contribution in [2.75, 3.05) is 58.5 Å². The molecule has 4 atom stereocenters. The first-order valence-electron chi connectivity index (χ1n) is 11.5. The molecule has 3 heterocycles. The molecule has 0 saturated carbocycles. The van der Waals surface area contributed by atoms with Crippen molar-refractivity contribution in [2.24, 2.45) is 0 Å². The molecule has 4 rings (SSSR count). The number of urea groups is 1. The fraction of sp³-hybridized carbons (Fsp3) is 0.652. The molecule has 0 spiro atoms. The van der Waals surface area contributed by atoms with Crippen LogP contribution in [-0.4, -0.2) is 104 Å². The van der Waals surface area contributed by atoms with Crippen LogP contribution in [0, 0.1) is 0 Å². The molecule has 3 amide bonds. The Balaban J connectivity index is 1.40. The van der Waals surface area contributed by atoms with E-state index in [1.54, 1.807) is 36.3 Å². The minimum Gasteiger partial charge on any atom is -0.497 e. The number of hydrogen-bond donors (Lipinski definition) is 2. The van der Waals surface area contributed by atoms with Crippen LogP contribution >= 0.6 is 0 Å². The van der Waals surface area contributed by atoms with Crippen molar-refractivity contribution in [3.8, 4) is 5.75 Å². The summed E-state index contributed by atoms with van der Waals surface area (Å²) in [6.45, 7) is 2.87. The fourth-order valence-corrected chi connectivity index (χ4v) is 4.58. The number of carbonyl (C=O) groups excluding carboxylic acids is 2. The van der Waals surface area contributed by atoms with E-state index in [0.29, 0.717) is 57.0 Å². The molecule has 10 heteroatoms. The van der Waals surface area contributed by atoms with Crippen molar-refractivity contribution < 1.29 is 33.6 Å². The molecule has 3 fully saturated rings. The van der Waals surface area contributed by atoms with Crippen molar-refractivity contribution in [1.29, 1.82) is 0 Å². The van der Waals surface area contributed by atoms with E-state index in [0.717, 1.165) is 0 Å². The van der Waals surface area contributed by atoms with E-state index < -0.39 is 6.10 Å². The lowest BCUT2D eigenvalue weighted by Crippen LogP contribution is -2.58. The molecule has 1 aromatic rings. The Kier molecular flexibility index (Phi) is 8.02. The maximum absolute atomic E-state index is 13.2. The summed E-state index contributed by atoms with van der Waals surface area (Å²) in [7, 11) is 1.59. The molecule has 3 saturated heterocycles. The van der Waals surface area contributed by atoms with Gasteiger partial charge < -0.3 is 39.2 Å². The quantitative estimate of drug-likeness (QED) is 0.688. The largest absolute Gasteiger partial charge is 0.497 e. The van der Waals surface area contributed by atoms with E-state index in [1.807, 2.05) is 4.90 Å². The number of aliphatic hydroxyl groups excluding tert-OH is 1. The SMILES string of the molecule is COc1ccc(NC(=O)N2C[C@@H](O)COC[C@H]3O[C@@H](CC(=O)N4CCOCC4)CC[C@@H]32)cc1. The van der Waals surface area contributed by atoms with Crippen LogP contribution < -0.4 is 10.1 Å². The van der Waals surface area contributed by atoms with E-state index in [4.69, 9.17) is 18.9 Å². The fourth-order valence-electron chi connectivity index (χ4n) is 4.58. The van der Waals surface area contributed by atoms with Crippen LogP contribution in [0.2, 0.25) is 0 Å². The number of ether oxygens (including phenoxy) is 4. The predicted molar refractivity (Wildman–Crippen MR) is 119 cm³/mol. The Morgan fingerprint density at radius 1 is 1.12 bits per heavy atom. The minimum atomic E-state index is -0.784. The maximum Gasteiger partial charge on any atom is 0.322 e. The molecule has 10 nitrogen and oxygen atoms in total. The number of morpholine rings is 1. The smallest absolute Gasteiger partial charge is 0.322 e. The zero-order chi connectivity index (χ0) is 23.2. The summed E-state index contributed by atoms with van der Waals surface area (Å²) in [6.07, 6.45) is 0.256. The number of hydrogen-bond acceptors (Lipinski definition) is 7. The van der Waals surface area contributed by atoms with Gasteiger partial charge in [-0.3, -0.25) is 4.79 Å². The summed E-state index contributed by atoms with van der Waals surface area (Å²) in [4.78, 5) is 29.3. The van der Waals surface area contributed by atoms with E-state index in [1.165, 1.54) is 0 Å². The van der Waals surface area contributed by atoms with Crippen molar-refractivity contribution in [2.45, 2.75) is 43.6 Å². The lowest BCUT2D eigenvalue weighted by Gasteiger charge is -2.44. The predicted octanol–water partition coefficient (Wildman–Crippen LogP) is 1.09. The number of carbonyl (C=O) groups is 2. The number of methoxy groups -OCH3 is 1. The summed E-state index contributed by atoms with van der Waals surface area (Å²) in [5, 5.41) is 13.2. The summed E-state index contributed by atoms with van der Waals surface area (Å²) in [5.41, 5.74) is 0.635.